The van der Waals surface area contributed by atoms with Crippen LogP contribution in [0, 0.1) is 10.1 Å². The predicted molar refractivity (Wildman–Crippen MR) is 72.3 cm³/mol. The van der Waals surface area contributed by atoms with Crippen molar-refractivity contribution < 1.29 is 15.1 Å². The van der Waals surface area contributed by atoms with Crippen molar-refractivity contribution >= 4 is 17.3 Å². The van der Waals surface area contributed by atoms with Crippen LogP contribution in [0.3, 0.4) is 0 Å². The molecule has 1 aromatic rings. The Morgan fingerprint density at radius 3 is 2.16 bits per heavy atom. The van der Waals surface area contributed by atoms with E-state index in [1.54, 1.807) is 12.1 Å². The second-order valence-electron chi connectivity index (χ2n) is 4.06. The van der Waals surface area contributed by atoms with Gasteiger partial charge < -0.3 is 10.2 Å². The minimum Gasteiger partial charge on any atom is -0.395 e. The molecule has 0 amide bonds. The number of aliphatic hydroxyl groups excluding tert-OH is 2. The van der Waals surface area contributed by atoms with Crippen LogP contribution >= 0.6 is 11.6 Å². The van der Waals surface area contributed by atoms with Gasteiger partial charge in [-0.15, -0.1) is 11.6 Å². The number of rotatable bonds is 8. The number of nitro groups is 1. The molecule has 1 unspecified atom stereocenters. The monoisotopic (exact) mass is 288 g/mol. The highest BCUT2D eigenvalue weighted by Gasteiger charge is 2.14. The van der Waals surface area contributed by atoms with E-state index < -0.39 is 4.92 Å². The zero-order valence-electron chi connectivity index (χ0n) is 10.4. The van der Waals surface area contributed by atoms with Crippen molar-refractivity contribution in [2.75, 3.05) is 32.8 Å². The van der Waals surface area contributed by atoms with Crippen LogP contribution in [-0.4, -0.2) is 52.9 Å². The van der Waals surface area contributed by atoms with E-state index in [1.807, 2.05) is 4.90 Å². The highest BCUT2D eigenvalue weighted by Crippen LogP contribution is 2.23. The maximum atomic E-state index is 10.5. The standard InChI is InChI=1S/C12H17ClN2O4/c13-12(9-14(5-7-16)6-8-17)10-1-3-11(4-2-10)15(18)19/h1-4,12,16-17H,5-9H2. The van der Waals surface area contributed by atoms with Crippen LogP contribution in [0.5, 0.6) is 0 Å². The summed E-state index contributed by atoms with van der Waals surface area (Å²) in [6.07, 6.45) is 0. The van der Waals surface area contributed by atoms with Gasteiger partial charge in [0, 0.05) is 31.8 Å². The van der Waals surface area contributed by atoms with Crippen molar-refractivity contribution in [2.45, 2.75) is 5.38 Å². The van der Waals surface area contributed by atoms with E-state index in [1.165, 1.54) is 12.1 Å². The fourth-order valence-electron chi connectivity index (χ4n) is 1.71. The topological polar surface area (TPSA) is 86.8 Å². The first-order valence-electron chi connectivity index (χ1n) is 5.91. The second kappa shape index (κ2) is 8.06. The normalized spacial score (nSPS) is 12.6. The van der Waals surface area contributed by atoms with Gasteiger partial charge in [-0.3, -0.25) is 15.0 Å². The molecule has 0 saturated heterocycles. The molecule has 0 aliphatic rings. The van der Waals surface area contributed by atoms with Crippen molar-refractivity contribution in [1.82, 2.24) is 4.90 Å². The molecule has 106 valence electrons. The van der Waals surface area contributed by atoms with Gasteiger partial charge in [0.25, 0.3) is 5.69 Å². The van der Waals surface area contributed by atoms with Crippen LogP contribution in [0.2, 0.25) is 0 Å². The molecule has 0 bridgehead atoms. The minimum absolute atomic E-state index is 0.0100. The molecule has 1 aromatic carbocycles. The summed E-state index contributed by atoms with van der Waals surface area (Å²) in [7, 11) is 0. The number of halogens is 1. The Labute approximate surface area is 116 Å². The number of aliphatic hydroxyl groups is 2. The zero-order chi connectivity index (χ0) is 14.3. The Kier molecular flexibility index (Phi) is 6.72. The lowest BCUT2D eigenvalue weighted by atomic mass is 10.1. The summed E-state index contributed by atoms with van der Waals surface area (Å²) in [6.45, 7) is 1.29. The van der Waals surface area contributed by atoms with Gasteiger partial charge in [0.15, 0.2) is 0 Å². The van der Waals surface area contributed by atoms with Crippen molar-refractivity contribution in [2.24, 2.45) is 0 Å². The van der Waals surface area contributed by atoms with Gasteiger partial charge in [-0.25, -0.2) is 0 Å². The maximum Gasteiger partial charge on any atom is 0.269 e. The SMILES string of the molecule is O=[N+]([O-])c1ccc(C(Cl)CN(CCO)CCO)cc1. The quantitative estimate of drug-likeness (QED) is 0.426. The van der Waals surface area contributed by atoms with E-state index >= 15 is 0 Å². The zero-order valence-corrected chi connectivity index (χ0v) is 11.2. The lowest BCUT2D eigenvalue weighted by molar-refractivity contribution is -0.384. The third kappa shape index (κ3) is 5.12. The summed E-state index contributed by atoms with van der Waals surface area (Å²) in [4.78, 5) is 11.9. The third-order valence-corrected chi connectivity index (χ3v) is 3.11. The van der Waals surface area contributed by atoms with Crippen LogP contribution in [0.1, 0.15) is 10.9 Å². The van der Waals surface area contributed by atoms with Gasteiger partial charge in [0.05, 0.1) is 23.5 Å². The Balaban J connectivity index is 2.65. The van der Waals surface area contributed by atoms with E-state index in [4.69, 9.17) is 21.8 Å². The molecule has 0 saturated carbocycles. The van der Waals surface area contributed by atoms with E-state index in [9.17, 15) is 10.1 Å². The van der Waals surface area contributed by atoms with Gasteiger partial charge in [-0.05, 0) is 5.56 Å². The predicted octanol–water partition coefficient (Wildman–Crippen LogP) is 1.16. The number of hydrogen-bond acceptors (Lipinski definition) is 5. The molecule has 0 aromatic heterocycles. The molecule has 1 atom stereocenters. The number of nitrogens with zero attached hydrogens (tertiary/aromatic N) is 2. The highest BCUT2D eigenvalue weighted by molar-refractivity contribution is 6.21. The maximum absolute atomic E-state index is 10.5. The Morgan fingerprint density at radius 1 is 1.21 bits per heavy atom. The van der Waals surface area contributed by atoms with Crippen molar-refractivity contribution in [3.05, 3.63) is 39.9 Å². The van der Waals surface area contributed by atoms with Gasteiger partial charge in [0.1, 0.15) is 0 Å². The molecule has 0 fully saturated rings. The van der Waals surface area contributed by atoms with Crippen molar-refractivity contribution in [3.63, 3.8) is 0 Å². The van der Waals surface area contributed by atoms with Crippen LogP contribution in [0.4, 0.5) is 5.69 Å². The van der Waals surface area contributed by atoms with Crippen molar-refractivity contribution in [1.29, 1.82) is 0 Å². The van der Waals surface area contributed by atoms with Gasteiger partial charge >= 0.3 is 0 Å². The van der Waals surface area contributed by atoms with Crippen LogP contribution in [-0.2, 0) is 0 Å². The molecule has 1 rings (SSSR count). The Morgan fingerprint density at radius 2 is 1.74 bits per heavy atom. The second-order valence-corrected chi connectivity index (χ2v) is 4.59. The smallest absolute Gasteiger partial charge is 0.269 e. The molecule has 0 aliphatic carbocycles. The molecular formula is C12H17ClN2O4. The molecule has 0 heterocycles. The number of alkyl halides is 1. The van der Waals surface area contributed by atoms with Crippen LogP contribution in [0.25, 0.3) is 0 Å². The number of non-ortho nitro benzene ring substituents is 1. The first-order valence-corrected chi connectivity index (χ1v) is 6.34. The summed E-state index contributed by atoms with van der Waals surface area (Å²) in [6, 6.07) is 6.05. The van der Waals surface area contributed by atoms with Gasteiger partial charge in [-0.1, -0.05) is 12.1 Å². The average Bonchev–Trinajstić information content (AvgIpc) is 2.39. The summed E-state index contributed by atoms with van der Waals surface area (Å²) in [5.41, 5.74) is 0.795. The largest absolute Gasteiger partial charge is 0.395 e. The van der Waals surface area contributed by atoms with Crippen molar-refractivity contribution in [3.8, 4) is 0 Å². The Hall–Kier alpha value is -1.21. The van der Waals surface area contributed by atoms with Crippen LogP contribution in [0.15, 0.2) is 24.3 Å². The van der Waals surface area contributed by atoms with E-state index in [0.717, 1.165) is 5.56 Å². The summed E-state index contributed by atoms with van der Waals surface area (Å²) in [5.74, 6) is 0. The molecular weight excluding hydrogens is 272 g/mol. The van der Waals surface area contributed by atoms with E-state index in [-0.39, 0.29) is 24.3 Å². The van der Waals surface area contributed by atoms with Gasteiger partial charge in [-0.2, -0.15) is 0 Å². The molecule has 19 heavy (non-hydrogen) atoms. The molecule has 7 heteroatoms. The van der Waals surface area contributed by atoms with Crippen LogP contribution < -0.4 is 0 Å². The lowest BCUT2D eigenvalue weighted by Crippen LogP contribution is -2.32. The summed E-state index contributed by atoms with van der Waals surface area (Å²) < 4.78 is 0. The molecule has 0 radical (unpaired) electrons. The third-order valence-electron chi connectivity index (χ3n) is 2.72. The summed E-state index contributed by atoms with van der Waals surface area (Å²) in [5, 5.41) is 28.0. The lowest BCUT2D eigenvalue weighted by Gasteiger charge is -2.23. The fourth-order valence-corrected chi connectivity index (χ4v) is 2.05. The van der Waals surface area contributed by atoms with Gasteiger partial charge in [0.2, 0.25) is 0 Å². The fraction of sp³-hybridized carbons (Fsp3) is 0.500. The summed E-state index contributed by atoms with van der Waals surface area (Å²) >= 11 is 6.23. The number of nitro benzene ring substituents is 1. The minimum atomic E-state index is -0.461. The number of benzene rings is 1. The first-order chi connectivity index (χ1) is 9.08. The van der Waals surface area contributed by atoms with E-state index in [0.29, 0.717) is 19.6 Å². The number of hydrogen-bond donors (Lipinski definition) is 2. The molecule has 0 aliphatic heterocycles. The molecule has 2 N–H and O–H groups in total. The highest BCUT2D eigenvalue weighted by atomic mass is 35.5. The Bertz CT molecular complexity index is 393. The van der Waals surface area contributed by atoms with E-state index in [2.05, 4.69) is 0 Å². The molecule has 0 spiro atoms. The first kappa shape index (κ1) is 15.8. The average molecular weight is 289 g/mol. The molecule has 6 nitrogen and oxygen atoms in total.